The zero-order valence-electron chi connectivity index (χ0n) is 16.4. The second-order valence-electron chi connectivity index (χ2n) is 6.96. The highest BCUT2D eigenvalue weighted by Gasteiger charge is 2.30. The van der Waals surface area contributed by atoms with Crippen LogP contribution in [-0.2, 0) is 17.4 Å². The number of rotatable bonds is 5. The lowest BCUT2D eigenvalue weighted by molar-refractivity contribution is -0.137. The molecule has 32 heavy (non-hydrogen) atoms. The number of alkyl halides is 3. The largest absolute Gasteiger partial charge is 0.416 e. The molecule has 2 amide bonds. The second-order valence-corrected chi connectivity index (χ2v) is 6.96. The Kier molecular flexibility index (Phi) is 5.63. The fourth-order valence-corrected chi connectivity index (χ4v) is 3.14. The topological polar surface area (TPSA) is 84.2 Å². The molecule has 0 aliphatic carbocycles. The average Bonchev–Trinajstić information content (AvgIpc) is 3.16. The van der Waals surface area contributed by atoms with Crippen molar-refractivity contribution in [2.24, 2.45) is 0 Å². The maximum atomic E-state index is 12.9. The van der Waals surface area contributed by atoms with Crippen molar-refractivity contribution in [3.8, 4) is 0 Å². The van der Waals surface area contributed by atoms with E-state index in [1.807, 2.05) is 6.07 Å². The Labute approximate surface area is 180 Å². The minimum absolute atomic E-state index is 0.0113. The van der Waals surface area contributed by atoms with Gasteiger partial charge in [0.05, 0.1) is 12.0 Å². The first kappa shape index (κ1) is 21.1. The van der Waals surface area contributed by atoms with Crippen LogP contribution in [0, 0.1) is 0 Å². The molecule has 4 aromatic rings. The summed E-state index contributed by atoms with van der Waals surface area (Å²) in [6.45, 7) is 0. The number of para-hydroxylation sites is 1. The number of halogens is 3. The molecule has 1 aromatic heterocycles. The Hall–Kier alpha value is -4.14. The third kappa shape index (κ3) is 4.77. The van der Waals surface area contributed by atoms with Crippen LogP contribution in [0.4, 0.5) is 24.5 Å². The Morgan fingerprint density at radius 3 is 2.38 bits per heavy atom. The van der Waals surface area contributed by atoms with Crippen LogP contribution in [0.1, 0.15) is 21.6 Å². The molecule has 3 aromatic carbocycles. The normalized spacial score (nSPS) is 11.3. The van der Waals surface area contributed by atoms with E-state index in [4.69, 9.17) is 4.52 Å². The van der Waals surface area contributed by atoms with Gasteiger partial charge in [0.2, 0.25) is 5.91 Å². The van der Waals surface area contributed by atoms with Crippen LogP contribution in [0.2, 0.25) is 0 Å². The van der Waals surface area contributed by atoms with E-state index in [2.05, 4.69) is 15.8 Å². The highest BCUT2D eigenvalue weighted by molar-refractivity contribution is 6.05. The molecule has 0 bridgehead atoms. The predicted molar refractivity (Wildman–Crippen MR) is 112 cm³/mol. The van der Waals surface area contributed by atoms with Crippen LogP contribution in [0.15, 0.2) is 77.3 Å². The van der Waals surface area contributed by atoms with Gasteiger partial charge in [0.25, 0.3) is 5.91 Å². The fraction of sp³-hybridized carbons (Fsp3) is 0.0870. The van der Waals surface area contributed by atoms with E-state index in [0.29, 0.717) is 17.0 Å². The van der Waals surface area contributed by atoms with Gasteiger partial charge in [-0.3, -0.25) is 9.59 Å². The number of hydrogen-bond acceptors (Lipinski definition) is 4. The number of carbonyl (C=O) groups excluding carboxylic acids is 2. The van der Waals surface area contributed by atoms with Gasteiger partial charge in [-0.05, 0) is 48.5 Å². The van der Waals surface area contributed by atoms with Gasteiger partial charge in [-0.25, -0.2) is 0 Å². The quantitative estimate of drug-likeness (QED) is 0.443. The summed E-state index contributed by atoms with van der Waals surface area (Å²) in [6.07, 6.45) is -4.54. The Morgan fingerprint density at radius 2 is 1.59 bits per heavy atom. The number of nitrogens with one attached hydrogen (secondary N) is 2. The average molecular weight is 439 g/mol. The Morgan fingerprint density at radius 1 is 0.875 bits per heavy atom. The minimum atomic E-state index is -4.51. The first-order valence-electron chi connectivity index (χ1n) is 9.51. The van der Waals surface area contributed by atoms with E-state index in [1.54, 1.807) is 30.3 Å². The first-order valence-corrected chi connectivity index (χ1v) is 9.51. The summed E-state index contributed by atoms with van der Waals surface area (Å²) in [6, 6.07) is 17.6. The molecule has 0 aliphatic rings. The van der Waals surface area contributed by atoms with Gasteiger partial charge in [-0.15, -0.1) is 0 Å². The van der Waals surface area contributed by atoms with E-state index in [1.165, 1.54) is 24.3 Å². The molecule has 162 valence electrons. The highest BCUT2D eigenvalue weighted by Crippen LogP contribution is 2.30. The zero-order chi connectivity index (χ0) is 22.7. The molecular weight excluding hydrogens is 423 g/mol. The molecule has 0 atom stereocenters. The third-order valence-corrected chi connectivity index (χ3v) is 4.64. The van der Waals surface area contributed by atoms with Crippen LogP contribution in [-0.4, -0.2) is 17.0 Å². The summed E-state index contributed by atoms with van der Waals surface area (Å²) in [7, 11) is 0. The van der Waals surface area contributed by atoms with Gasteiger partial charge in [0, 0.05) is 22.3 Å². The molecule has 0 aliphatic heterocycles. The molecule has 0 saturated carbocycles. The highest BCUT2D eigenvalue weighted by atomic mass is 19.4. The third-order valence-electron chi connectivity index (χ3n) is 4.64. The van der Waals surface area contributed by atoms with Gasteiger partial charge >= 0.3 is 6.18 Å². The maximum absolute atomic E-state index is 12.9. The van der Waals surface area contributed by atoms with E-state index < -0.39 is 17.6 Å². The van der Waals surface area contributed by atoms with Crippen molar-refractivity contribution < 1.29 is 27.3 Å². The second kappa shape index (κ2) is 8.54. The number of fused-ring (bicyclic) bond motifs is 1. The Bertz CT molecular complexity index is 1300. The SMILES string of the molecule is O=C(Cc1noc2ccccc12)Nc1cccc(C(=O)Nc2cccc(C(F)(F)F)c2)c1. The zero-order valence-corrected chi connectivity index (χ0v) is 16.4. The fourth-order valence-electron chi connectivity index (χ4n) is 3.14. The van der Waals surface area contributed by atoms with Crippen LogP contribution in [0.3, 0.4) is 0 Å². The number of nitrogens with zero attached hydrogens (tertiary/aromatic N) is 1. The molecule has 9 heteroatoms. The molecule has 0 spiro atoms. The predicted octanol–water partition coefficient (Wildman–Crippen LogP) is 5.28. The molecule has 0 unspecified atom stereocenters. The first-order chi connectivity index (χ1) is 15.3. The number of carbonyl (C=O) groups is 2. The van der Waals surface area contributed by atoms with E-state index in [-0.39, 0.29) is 23.6 Å². The molecule has 1 heterocycles. The van der Waals surface area contributed by atoms with Crippen LogP contribution >= 0.6 is 0 Å². The van der Waals surface area contributed by atoms with E-state index in [9.17, 15) is 22.8 Å². The molecule has 2 N–H and O–H groups in total. The van der Waals surface area contributed by atoms with Gasteiger partial charge < -0.3 is 15.2 Å². The minimum Gasteiger partial charge on any atom is -0.356 e. The van der Waals surface area contributed by atoms with Gasteiger partial charge in [-0.2, -0.15) is 13.2 Å². The number of hydrogen-bond donors (Lipinski definition) is 2. The maximum Gasteiger partial charge on any atom is 0.416 e. The van der Waals surface area contributed by atoms with Crippen LogP contribution in [0.25, 0.3) is 11.0 Å². The molecule has 0 saturated heterocycles. The summed E-state index contributed by atoms with van der Waals surface area (Å²) in [5.74, 6) is -0.970. The lowest BCUT2D eigenvalue weighted by Gasteiger charge is -2.11. The lowest BCUT2D eigenvalue weighted by Crippen LogP contribution is -2.16. The summed E-state index contributed by atoms with van der Waals surface area (Å²) in [5.41, 5.74) is 0.737. The van der Waals surface area contributed by atoms with E-state index in [0.717, 1.165) is 17.5 Å². The lowest BCUT2D eigenvalue weighted by atomic mass is 10.1. The molecule has 0 fully saturated rings. The Balaban J connectivity index is 1.44. The standard InChI is InChI=1S/C23H16F3N3O3/c24-23(25,26)15-6-4-8-17(12-15)28-22(31)14-5-3-7-16(11-14)27-21(30)13-19-18-9-1-2-10-20(18)32-29-19/h1-12H,13H2,(H,27,30)(H,28,31). The smallest absolute Gasteiger partial charge is 0.356 e. The van der Waals surface area contributed by atoms with Crippen molar-refractivity contribution in [1.82, 2.24) is 5.16 Å². The van der Waals surface area contributed by atoms with Crippen molar-refractivity contribution >= 4 is 34.2 Å². The number of amides is 2. The number of aromatic nitrogens is 1. The van der Waals surface area contributed by atoms with Crippen LogP contribution in [0.5, 0.6) is 0 Å². The number of benzene rings is 3. The molecule has 4 rings (SSSR count). The molecular formula is C23H16F3N3O3. The van der Waals surface area contributed by atoms with Crippen LogP contribution < -0.4 is 10.6 Å². The monoisotopic (exact) mass is 439 g/mol. The summed E-state index contributed by atoms with van der Waals surface area (Å²) < 4.78 is 43.8. The van der Waals surface area contributed by atoms with Crippen molar-refractivity contribution in [2.75, 3.05) is 10.6 Å². The van der Waals surface area contributed by atoms with Crippen molar-refractivity contribution in [2.45, 2.75) is 12.6 Å². The van der Waals surface area contributed by atoms with Crippen molar-refractivity contribution in [1.29, 1.82) is 0 Å². The van der Waals surface area contributed by atoms with Gasteiger partial charge in [0.1, 0.15) is 5.69 Å². The van der Waals surface area contributed by atoms with E-state index >= 15 is 0 Å². The number of anilines is 2. The van der Waals surface area contributed by atoms with Crippen molar-refractivity contribution in [3.05, 3.63) is 89.6 Å². The van der Waals surface area contributed by atoms with Gasteiger partial charge in [0.15, 0.2) is 5.58 Å². The molecule has 6 nitrogen and oxygen atoms in total. The van der Waals surface area contributed by atoms with Gasteiger partial charge in [-0.1, -0.05) is 29.4 Å². The molecule has 0 radical (unpaired) electrons. The summed E-state index contributed by atoms with van der Waals surface area (Å²) in [5, 5.41) is 9.76. The summed E-state index contributed by atoms with van der Waals surface area (Å²) >= 11 is 0. The summed E-state index contributed by atoms with van der Waals surface area (Å²) in [4.78, 5) is 24.9. The van der Waals surface area contributed by atoms with Crippen molar-refractivity contribution in [3.63, 3.8) is 0 Å².